The summed E-state index contributed by atoms with van der Waals surface area (Å²) >= 11 is 0. The van der Waals surface area contributed by atoms with Crippen molar-refractivity contribution in [1.82, 2.24) is 5.32 Å². The highest BCUT2D eigenvalue weighted by Crippen LogP contribution is 2.15. The average Bonchev–Trinajstić information content (AvgIpc) is 1.98. The van der Waals surface area contributed by atoms with Gasteiger partial charge in [0.1, 0.15) is 0 Å². The molecule has 0 bridgehead atoms. The highest BCUT2D eigenvalue weighted by molar-refractivity contribution is 6.78. The summed E-state index contributed by atoms with van der Waals surface area (Å²) in [7, 11) is 1.96. The summed E-state index contributed by atoms with van der Waals surface area (Å²) < 4.78 is 0. The molecule has 0 aromatic rings. The topological polar surface area (TPSA) is 12.0 Å². The van der Waals surface area contributed by atoms with Gasteiger partial charge in [-0.1, -0.05) is 38.2 Å². The largest absolute Gasteiger partial charge is 0.323 e. The molecule has 0 heterocycles. The predicted molar refractivity (Wildman–Crippen MR) is 57.1 cm³/mol. The molecule has 1 atom stereocenters. The van der Waals surface area contributed by atoms with Crippen LogP contribution in [0.1, 0.15) is 13.8 Å². The van der Waals surface area contributed by atoms with Gasteiger partial charge in [-0.25, -0.2) is 0 Å². The van der Waals surface area contributed by atoms with Crippen LogP contribution in [-0.2, 0) is 0 Å². The van der Waals surface area contributed by atoms with Crippen LogP contribution in [0, 0.1) is 0 Å². The molecule has 0 saturated heterocycles. The van der Waals surface area contributed by atoms with Crippen molar-refractivity contribution in [3.05, 3.63) is 0 Å². The van der Waals surface area contributed by atoms with E-state index in [0.29, 0.717) is 0 Å². The highest BCUT2D eigenvalue weighted by atomic mass is 28.3. The van der Waals surface area contributed by atoms with Gasteiger partial charge in [-0.05, 0) is 13.2 Å². The monoisotopic (exact) mass is 187 g/mol. The zero-order chi connectivity index (χ0) is 8.85. The lowest BCUT2D eigenvalue weighted by Crippen LogP contribution is -2.35. The number of hydrogen-bond donors (Lipinski definition) is 1. The van der Waals surface area contributed by atoms with E-state index in [1.807, 2.05) is 0 Å². The molecule has 1 unspecified atom stereocenters. The lowest BCUT2D eigenvalue weighted by Gasteiger charge is -2.22. The molecule has 0 fully saturated rings. The average molecular weight is 187 g/mol. The Morgan fingerprint density at radius 3 is 2.18 bits per heavy atom. The molecule has 11 heavy (non-hydrogen) atoms. The highest BCUT2D eigenvalue weighted by Gasteiger charge is 2.20. The first kappa shape index (κ1) is 11.4. The van der Waals surface area contributed by atoms with E-state index < -0.39 is 0 Å². The van der Waals surface area contributed by atoms with E-state index in [2.05, 4.69) is 39.3 Å². The van der Waals surface area contributed by atoms with Crippen LogP contribution >= 0.6 is 0 Å². The second kappa shape index (κ2) is 5.97. The number of rotatable bonds is 5. The van der Waals surface area contributed by atoms with Crippen LogP contribution in [0.15, 0.2) is 0 Å². The SMILES string of the molecule is CC[Si](CNC)C(C)[Si](C)C. The van der Waals surface area contributed by atoms with Crippen molar-refractivity contribution in [2.24, 2.45) is 0 Å². The maximum atomic E-state index is 3.32. The second-order valence-corrected chi connectivity index (χ2v) is 10.2. The fraction of sp³-hybridized carbons (Fsp3) is 1.00. The second-order valence-electron chi connectivity index (χ2n) is 3.34. The molecule has 0 aliphatic heterocycles. The Balaban J connectivity index is 3.81. The van der Waals surface area contributed by atoms with E-state index in [4.69, 9.17) is 0 Å². The van der Waals surface area contributed by atoms with E-state index in [9.17, 15) is 0 Å². The third kappa shape index (κ3) is 4.08. The van der Waals surface area contributed by atoms with Gasteiger partial charge in [0.15, 0.2) is 0 Å². The molecule has 0 saturated carbocycles. The van der Waals surface area contributed by atoms with Crippen LogP contribution < -0.4 is 5.32 Å². The number of hydrogen-bond acceptors (Lipinski definition) is 1. The molecule has 0 amide bonds. The minimum Gasteiger partial charge on any atom is -0.323 e. The fourth-order valence-corrected chi connectivity index (χ4v) is 7.03. The Bertz CT molecular complexity index is 96.1. The summed E-state index contributed by atoms with van der Waals surface area (Å²) in [6.07, 6.45) is 1.29. The van der Waals surface area contributed by atoms with Crippen molar-refractivity contribution in [1.29, 1.82) is 0 Å². The van der Waals surface area contributed by atoms with Crippen molar-refractivity contribution in [2.45, 2.75) is 38.2 Å². The normalized spacial score (nSPS) is 14.5. The Morgan fingerprint density at radius 2 is 1.91 bits per heavy atom. The van der Waals surface area contributed by atoms with Crippen molar-refractivity contribution < 1.29 is 0 Å². The minimum absolute atomic E-state index is 0.0398. The summed E-state index contributed by atoms with van der Waals surface area (Å²) in [5, 5.41) is 4.36. The van der Waals surface area contributed by atoms with Crippen molar-refractivity contribution in [2.75, 3.05) is 13.2 Å². The molecular weight excluding hydrogens is 166 g/mol. The van der Waals surface area contributed by atoms with Crippen LogP contribution in [0.25, 0.3) is 0 Å². The molecule has 66 valence electrons. The van der Waals surface area contributed by atoms with Gasteiger partial charge in [0.05, 0.1) is 8.80 Å². The first-order valence-corrected chi connectivity index (χ1v) is 8.99. The molecule has 0 aliphatic carbocycles. The predicted octanol–water partition coefficient (Wildman–Crippen LogP) is 1.94. The molecule has 1 nitrogen and oxygen atoms in total. The van der Waals surface area contributed by atoms with Gasteiger partial charge in [0.25, 0.3) is 0 Å². The van der Waals surface area contributed by atoms with Gasteiger partial charge in [-0.3, -0.25) is 0 Å². The van der Waals surface area contributed by atoms with Crippen LogP contribution in [0.3, 0.4) is 0 Å². The van der Waals surface area contributed by atoms with Crippen molar-refractivity contribution in [3.8, 4) is 0 Å². The molecule has 0 aromatic heterocycles. The van der Waals surface area contributed by atoms with Crippen LogP contribution in [0.2, 0.25) is 24.3 Å². The van der Waals surface area contributed by atoms with Crippen LogP contribution in [0.4, 0.5) is 0 Å². The zero-order valence-electron chi connectivity index (χ0n) is 8.49. The van der Waals surface area contributed by atoms with Crippen LogP contribution in [-0.4, -0.2) is 30.8 Å². The third-order valence-corrected chi connectivity index (χ3v) is 9.97. The molecule has 0 rings (SSSR count). The smallest absolute Gasteiger partial charge is 0.0643 e. The van der Waals surface area contributed by atoms with Crippen molar-refractivity contribution in [3.63, 3.8) is 0 Å². The Morgan fingerprint density at radius 1 is 1.36 bits per heavy atom. The van der Waals surface area contributed by atoms with Gasteiger partial charge in [0, 0.05) is 8.80 Å². The third-order valence-electron chi connectivity index (χ3n) is 2.34. The lowest BCUT2D eigenvalue weighted by molar-refractivity contribution is 0.936. The lowest BCUT2D eigenvalue weighted by atomic mass is 10.9. The molecule has 0 aromatic carbocycles. The molecule has 2 radical (unpaired) electrons. The van der Waals surface area contributed by atoms with E-state index >= 15 is 0 Å². The summed E-state index contributed by atoms with van der Waals surface area (Å²) in [6.45, 7) is 9.66. The quantitative estimate of drug-likeness (QED) is 0.649. The minimum atomic E-state index is -0.0779. The van der Waals surface area contributed by atoms with Gasteiger partial charge in [-0.15, -0.1) is 0 Å². The molecular formula is C8H21NSi2. The molecule has 1 N–H and O–H groups in total. The van der Waals surface area contributed by atoms with Gasteiger partial charge < -0.3 is 5.32 Å². The zero-order valence-corrected chi connectivity index (χ0v) is 10.5. The van der Waals surface area contributed by atoms with E-state index in [1.165, 1.54) is 12.2 Å². The van der Waals surface area contributed by atoms with Gasteiger partial charge in [-0.2, -0.15) is 0 Å². The maximum absolute atomic E-state index is 3.32. The molecule has 0 aliphatic rings. The molecule has 3 heteroatoms. The number of nitrogens with one attached hydrogen (secondary N) is 1. The fourth-order valence-electron chi connectivity index (χ4n) is 1.22. The van der Waals surface area contributed by atoms with Crippen LogP contribution in [0.5, 0.6) is 0 Å². The first-order valence-electron chi connectivity index (χ1n) is 4.42. The summed E-state index contributed by atoms with van der Waals surface area (Å²) in [4.78, 5) is 0. The van der Waals surface area contributed by atoms with E-state index in [-0.39, 0.29) is 17.6 Å². The maximum Gasteiger partial charge on any atom is 0.0643 e. The summed E-state index contributed by atoms with van der Waals surface area (Å²) in [5.41, 5.74) is 0. The Hall–Kier alpha value is 0.394. The Kier molecular flexibility index (Phi) is 6.18. The molecule has 0 spiro atoms. The van der Waals surface area contributed by atoms with E-state index in [0.717, 1.165) is 5.16 Å². The first-order chi connectivity index (χ1) is 5.13. The van der Waals surface area contributed by atoms with Crippen molar-refractivity contribution >= 4 is 17.6 Å². The Labute approximate surface area is 74.8 Å². The van der Waals surface area contributed by atoms with Gasteiger partial charge >= 0.3 is 0 Å². The summed E-state index contributed by atoms with van der Waals surface area (Å²) in [6, 6.07) is 1.42. The summed E-state index contributed by atoms with van der Waals surface area (Å²) in [5.74, 6) is 0. The standard InChI is InChI=1S/C8H21NSi2/c1-6-11(7-9-3)8(2)10(4)5/h8-9H,6-7H2,1-5H3. The van der Waals surface area contributed by atoms with E-state index in [1.54, 1.807) is 0 Å². The van der Waals surface area contributed by atoms with Gasteiger partial charge in [0.2, 0.25) is 0 Å².